The predicted molar refractivity (Wildman–Crippen MR) is 94.9 cm³/mol. The molecule has 0 radical (unpaired) electrons. The van der Waals surface area contributed by atoms with Crippen LogP contribution in [0.4, 0.5) is 5.13 Å². The van der Waals surface area contributed by atoms with Gasteiger partial charge in [0.15, 0.2) is 15.0 Å². The van der Waals surface area contributed by atoms with E-state index in [9.17, 15) is 18.3 Å². The Bertz CT molecular complexity index is 938. The number of ketones is 1. The molecule has 1 aromatic carbocycles. The summed E-state index contributed by atoms with van der Waals surface area (Å²) in [4.78, 5) is 19.8. The van der Waals surface area contributed by atoms with Crippen molar-refractivity contribution in [3.63, 3.8) is 0 Å². The lowest BCUT2D eigenvalue weighted by atomic mass is 9.74. The predicted octanol–water partition coefficient (Wildman–Crippen LogP) is 1.59. The van der Waals surface area contributed by atoms with Gasteiger partial charge < -0.3 is 10.0 Å². The molecule has 1 aromatic heterocycles. The Labute approximate surface area is 150 Å². The van der Waals surface area contributed by atoms with Gasteiger partial charge in [-0.1, -0.05) is 23.5 Å². The Morgan fingerprint density at radius 2 is 2.16 bits per heavy atom. The number of anilines is 1. The molecule has 1 aliphatic carbocycles. The van der Waals surface area contributed by atoms with E-state index in [2.05, 4.69) is 9.88 Å². The van der Waals surface area contributed by atoms with Crippen molar-refractivity contribution in [1.29, 1.82) is 0 Å². The van der Waals surface area contributed by atoms with Crippen LogP contribution in [-0.2, 0) is 9.84 Å². The van der Waals surface area contributed by atoms with E-state index >= 15 is 0 Å². The maximum Gasteiger partial charge on any atom is 0.204 e. The highest BCUT2D eigenvalue weighted by atomic mass is 32.2. The van der Waals surface area contributed by atoms with Gasteiger partial charge in [0.2, 0.25) is 5.78 Å². The number of thiazole rings is 1. The second kappa shape index (κ2) is 5.89. The molecule has 3 atom stereocenters. The molecule has 0 unspecified atom stereocenters. The third-order valence-electron chi connectivity index (χ3n) is 5.04. The Kier molecular flexibility index (Phi) is 3.93. The molecule has 6 nitrogen and oxygen atoms in total. The van der Waals surface area contributed by atoms with E-state index < -0.39 is 9.84 Å². The van der Waals surface area contributed by atoms with E-state index in [1.807, 2.05) is 0 Å². The number of sulfone groups is 1. The van der Waals surface area contributed by atoms with Gasteiger partial charge in [-0.05, 0) is 24.5 Å². The molecule has 4 rings (SSSR count). The minimum absolute atomic E-state index is 0.133. The van der Waals surface area contributed by atoms with Crippen molar-refractivity contribution in [2.45, 2.75) is 17.4 Å². The molecular weight excluding hydrogens is 360 g/mol. The number of hydrogen-bond donors (Lipinski definition) is 1. The van der Waals surface area contributed by atoms with E-state index in [1.165, 1.54) is 23.5 Å². The summed E-state index contributed by atoms with van der Waals surface area (Å²) in [7, 11) is -3.36. The molecule has 1 saturated heterocycles. The molecule has 25 heavy (non-hydrogen) atoms. The normalized spacial score (nSPS) is 25.5. The molecule has 0 bridgehead atoms. The minimum Gasteiger partial charge on any atom is -0.393 e. The summed E-state index contributed by atoms with van der Waals surface area (Å²) in [6.45, 7) is 1.64. The van der Waals surface area contributed by atoms with E-state index in [-0.39, 0.29) is 16.8 Å². The van der Waals surface area contributed by atoms with Crippen molar-refractivity contribution in [3.05, 3.63) is 40.9 Å². The van der Waals surface area contributed by atoms with Gasteiger partial charge in [-0.2, -0.15) is 0 Å². The molecular formula is C17H18N2O4S2. The standard InChI is InChI=1S/C17H18N2O4S2/c1-25(22,23)12-4-2-3-10(5-12)16(21)15-7-18-17(24-15)19-8-11-6-14(20)13(11)9-19/h2-5,7,11,13-14,20H,6,8-9H2,1H3/t11-,13+,14+/m1/s1. The Morgan fingerprint density at radius 1 is 1.36 bits per heavy atom. The van der Waals surface area contributed by atoms with E-state index in [0.29, 0.717) is 22.3 Å². The van der Waals surface area contributed by atoms with E-state index in [4.69, 9.17) is 0 Å². The summed E-state index contributed by atoms with van der Waals surface area (Å²) >= 11 is 1.31. The highest BCUT2D eigenvalue weighted by Crippen LogP contribution is 2.43. The first-order valence-corrected chi connectivity index (χ1v) is 10.8. The fourth-order valence-electron chi connectivity index (χ4n) is 3.55. The third-order valence-corrected chi connectivity index (χ3v) is 7.21. The zero-order chi connectivity index (χ0) is 17.8. The number of rotatable bonds is 4. The van der Waals surface area contributed by atoms with Gasteiger partial charge in [-0.25, -0.2) is 13.4 Å². The highest BCUT2D eigenvalue weighted by Gasteiger charge is 2.46. The SMILES string of the molecule is CS(=O)(=O)c1cccc(C(=O)c2cnc(N3C[C@H]4C[C@H](O)[C@H]4C3)s2)c1. The van der Waals surface area contributed by atoms with E-state index in [0.717, 1.165) is 30.9 Å². The van der Waals surface area contributed by atoms with Crippen LogP contribution in [0.1, 0.15) is 21.7 Å². The molecule has 0 amide bonds. The van der Waals surface area contributed by atoms with E-state index in [1.54, 1.807) is 18.3 Å². The molecule has 1 aliphatic heterocycles. The molecule has 8 heteroatoms. The molecule has 1 N–H and O–H groups in total. The summed E-state index contributed by atoms with van der Waals surface area (Å²) < 4.78 is 23.3. The van der Waals surface area contributed by atoms with Crippen LogP contribution in [0.15, 0.2) is 35.4 Å². The lowest BCUT2D eigenvalue weighted by molar-refractivity contribution is -0.00399. The minimum atomic E-state index is -3.36. The van der Waals surface area contributed by atoms with Crippen LogP contribution in [0.2, 0.25) is 0 Å². The fraction of sp³-hybridized carbons (Fsp3) is 0.412. The topological polar surface area (TPSA) is 87.6 Å². The Morgan fingerprint density at radius 3 is 2.84 bits per heavy atom. The molecule has 2 aromatic rings. The Hall–Kier alpha value is -1.77. The number of fused-ring (bicyclic) bond motifs is 1. The molecule has 1 saturated carbocycles. The maximum absolute atomic E-state index is 12.7. The summed E-state index contributed by atoms with van der Waals surface area (Å²) in [6, 6.07) is 6.08. The number of aliphatic hydroxyl groups is 1. The smallest absolute Gasteiger partial charge is 0.204 e. The highest BCUT2D eigenvalue weighted by molar-refractivity contribution is 7.90. The average molecular weight is 378 g/mol. The second-order valence-corrected chi connectivity index (χ2v) is 9.79. The fourth-order valence-corrected chi connectivity index (χ4v) is 5.12. The lowest BCUT2D eigenvalue weighted by Gasteiger charge is -2.34. The number of aromatic nitrogens is 1. The molecule has 2 aliphatic rings. The first kappa shape index (κ1) is 16.7. The molecule has 0 spiro atoms. The van der Waals surface area contributed by atoms with Gasteiger partial charge in [0.1, 0.15) is 0 Å². The Balaban J connectivity index is 1.55. The summed E-state index contributed by atoms with van der Waals surface area (Å²) in [5.74, 6) is 0.607. The van der Waals surface area contributed by atoms with Crippen molar-refractivity contribution < 1.29 is 18.3 Å². The second-order valence-electron chi connectivity index (χ2n) is 6.77. The first-order valence-electron chi connectivity index (χ1n) is 8.06. The zero-order valence-corrected chi connectivity index (χ0v) is 15.3. The first-order chi connectivity index (χ1) is 11.8. The average Bonchev–Trinajstić information content (AvgIpc) is 3.17. The van der Waals surface area contributed by atoms with Crippen LogP contribution in [0.25, 0.3) is 0 Å². The largest absolute Gasteiger partial charge is 0.393 e. The van der Waals surface area contributed by atoms with Gasteiger partial charge in [0.25, 0.3) is 0 Å². The van der Waals surface area contributed by atoms with Crippen LogP contribution in [0, 0.1) is 11.8 Å². The van der Waals surface area contributed by atoms with Crippen molar-refractivity contribution in [1.82, 2.24) is 4.98 Å². The number of aliphatic hydroxyl groups excluding tert-OH is 1. The van der Waals surface area contributed by atoms with Crippen molar-refractivity contribution in [2.75, 3.05) is 24.2 Å². The van der Waals surface area contributed by atoms with Crippen LogP contribution < -0.4 is 4.90 Å². The van der Waals surface area contributed by atoms with Gasteiger partial charge in [-0.15, -0.1) is 0 Å². The quantitative estimate of drug-likeness (QED) is 0.813. The van der Waals surface area contributed by atoms with Crippen LogP contribution in [-0.4, -0.2) is 49.7 Å². The number of benzene rings is 1. The zero-order valence-electron chi connectivity index (χ0n) is 13.6. The third kappa shape index (κ3) is 2.98. The number of carbonyl (C=O) groups excluding carboxylic acids is 1. The van der Waals surface area contributed by atoms with Gasteiger partial charge in [-0.3, -0.25) is 4.79 Å². The monoisotopic (exact) mass is 378 g/mol. The van der Waals surface area contributed by atoms with Crippen LogP contribution in [0.3, 0.4) is 0 Å². The molecule has 2 heterocycles. The summed E-state index contributed by atoms with van der Waals surface area (Å²) in [5, 5.41) is 10.6. The van der Waals surface area contributed by atoms with Gasteiger partial charge >= 0.3 is 0 Å². The number of nitrogens with zero attached hydrogens (tertiary/aromatic N) is 2. The summed E-state index contributed by atoms with van der Waals surface area (Å²) in [5.41, 5.74) is 0.343. The maximum atomic E-state index is 12.7. The van der Waals surface area contributed by atoms with Crippen molar-refractivity contribution in [3.8, 4) is 0 Å². The van der Waals surface area contributed by atoms with Crippen molar-refractivity contribution in [2.24, 2.45) is 11.8 Å². The molecule has 132 valence electrons. The lowest BCUT2D eigenvalue weighted by Crippen LogP contribution is -2.39. The van der Waals surface area contributed by atoms with Crippen LogP contribution in [0.5, 0.6) is 0 Å². The van der Waals surface area contributed by atoms with Gasteiger partial charge in [0, 0.05) is 30.8 Å². The molecule has 2 fully saturated rings. The number of carbonyl (C=O) groups is 1. The number of hydrogen-bond acceptors (Lipinski definition) is 7. The van der Waals surface area contributed by atoms with Crippen LogP contribution >= 0.6 is 11.3 Å². The van der Waals surface area contributed by atoms with Gasteiger partial charge in [0.05, 0.1) is 22.1 Å². The summed E-state index contributed by atoms with van der Waals surface area (Å²) in [6.07, 6.45) is 3.30. The van der Waals surface area contributed by atoms with Crippen molar-refractivity contribution >= 4 is 32.1 Å².